The van der Waals surface area contributed by atoms with E-state index in [0.29, 0.717) is 11.4 Å². The zero-order chi connectivity index (χ0) is 25.7. The third-order valence-electron chi connectivity index (χ3n) is 5.09. The highest BCUT2D eigenvalue weighted by atomic mass is 35.5. The predicted molar refractivity (Wildman–Crippen MR) is 137 cm³/mol. The lowest BCUT2D eigenvalue weighted by Gasteiger charge is -2.34. The minimum atomic E-state index is -3.80. The van der Waals surface area contributed by atoms with Crippen molar-refractivity contribution in [3.63, 3.8) is 0 Å². The Balaban J connectivity index is 2.46. The summed E-state index contributed by atoms with van der Waals surface area (Å²) in [6, 6.07) is 13.2. The van der Waals surface area contributed by atoms with Crippen molar-refractivity contribution in [2.75, 3.05) is 17.1 Å². The van der Waals surface area contributed by atoms with Crippen LogP contribution in [0.25, 0.3) is 0 Å². The first kappa shape index (κ1) is 27.7. The van der Waals surface area contributed by atoms with E-state index in [1.807, 2.05) is 58.9 Å². The molecule has 2 aromatic rings. The van der Waals surface area contributed by atoms with Crippen molar-refractivity contribution in [1.29, 1.82) is 0 Å². The molecule has 0 aliphatic carbocycles. The van der Waals surface area contributed by atoms with Crippen molar-refractivity contribution >= 4 is 39.1 Å². The summed E-state index contributed by atoms with van der Waals surface area (Å²) in [4.78, 5) is 28.2. The van der Waals surface area contributed by atoms with Crippen LogP contribution in [0.4, 0.5) is 5.69 Å². The van der Waals surface area contributed by atoms with Gasteiger partial charge >= 0.3 is 0 Å². The molecule has 0 spiro atoms. The number of halogens is 1. The number of carbonyl (C=O) groups excluding carboxylic acids is 2. The van der Waals surface area contributed by atoms with Gasteiger partial charge in [0.05, 0.1) is 11.9 Å². The van der Waals surface area contributed by atoms with Gasteiger partial charge in [0.2, 0.25) is 21.8 Å². The zero-order valence-corrected chi connectivity index (χ0v) is 22.2. The fourth-order valence-corrected chi connectivity index (χ4v) is 4.65. The topological polar surface area (TPSA) is 86.8 Å². The lowest BCUT2D eigenvalue weighted by atomic mass is 10.0. The van der Waals surface area contributed by atoms with Crippen molar-refractivity contribution in [2.24, 2.45) is 0 Å². The molecule has 7 nitrogen and oxygen atoms in total. The Kier molecular flexibility index (Phi) is 9.14. The molecule has 2 amide bonds. The predicted octanol–water partition coefficient (Wildman–Crippen LogP) is 4.14. The Morgan fingerprint density at radius 1 is 1.09 bits per heavy atom. The highest BCUT2D eigenvalue weighted by Crippen LogP contribution is 2.23. The summed E-state index contributed by atoms with van der Waals surface area (Å²) in [6.07, 6.45) is 1.41. The van der Waals surface area contributed by atoms with Gasteiger partial charge in [0, 0.05) is 17.1 Å². The number of benzene rings is 2. The molecule has 0 saturated heterocycles. The van der Waals surface area contributed by atoms with Crippen LogP contribution < -0.4 is 9.62 Å². The van der Waals surface area contributed by atoms with E-state index >= 15 is 0 Å². The van der Waals surface area contributed by atoms with E-state index in [-0.39, 0.29) is 18.1 Å². The average Bonchev–Trinajstić information content (AvgIpc) is 2.69. The lowest BCUT2D eigenvalue weighted by Crippen LogP contribution is -2.55. The summed E-state index contributed by atoms with van der Waals surface area (Å²) < 4.78 is 26.2. The first-order valence-corrected chi connectivity index (χ1v) is 13.3. The molecule has 1 atom stereocenters. The monoisotopic (exact) mass is 507 g/mol. The number of nitrogens with zero attached hydrogens (tertiary/aromatic N) is 2. The SMILES string of the molecule is CCC(C(=O)NC(C)(C)C)N(Cc1cccc(C)c1)C(=O)CN(c1cccc(Cl)c1)S(C)(=O)=O. The molecule has 1 unspecified atom stereocenters. The Morgan fingerprint density at radius 2 is 1.74 bits per heavy atom. The molecule has 0 aliphatic rings. The Bertz CT molecular complexity index is 1130. The van der Waals surface area contributed by atoms with Gasteiger partial charge in [-0.1, -0.05) is 54.4 Å². The maximum Gasteiger partial charge on any atom is 0.244 e. The third kappa shape index (κ3) is 8.02. The quantitative estimate of drug-likeness (QED) is 0.552. The third-order valence-corrected chi connectivity index (χ3v) is 6.47. The second-order valence-electron chi connectivity index (χ2n) is 9.42. The minimum Gasteiger partial charge on any atom is -0.350 e. The molecule has 9 heteroatoms. The smallest absolute Gasteiger partial charge is 0.244 e. The minimum absolute atomic E-state index is 0.170. The van der Waals surface area contributed by atoms with Gasteiger partial charge in [0.15, 0.2) is 0 Å². The second-order valence-corrected chi connectivity index (χ2v) is 11.8. The standard InChI is InChI=1S/C25H34ClN3O4S/c1-7-22(24(31)27-25(3,4)5)28(16-19-11-8-10-18(2)14-19)23(30)17-29(34(6,32)33)21-13-9-12-20(26)15-21/h8-15,22H,7,16-17H2,1-6H3,(H,27,31). The molecule has 34 heavy (non-hydrogen) atoms. The molecular weight excluding hydrogens is 474 g/mol. The molecule has 0 fully saturated rings. The first-order valence-electron chi connectivity index (χ1n) is 11.1. The van der Waals surface area contributed by atoms with Crippen molar-refractivity contribution in [3.8, 4) is 0 Å². The van der Waals surface area contributed by atoms with Crippen LogP contribution in [-0.2, 0) is 26.2 Å². The van der Waals surface area contributed by atoms with Crippen molar-refractivity contribution < 1.29 is 18.0 Å². The van der Waals surface area contributed by atoms with E-state index in [1.165, 1.54) is 11.0 Å². The van der Waals surface area contributed by atoms with Crippen LogP contribution in [0.15, 0.2) is 48.5 Å². The number of hydrogen-bond acceptors (Lipinski definition) is 4. The van der Waals surface area contributed by atoms with Crippen molar-refractivity contribution in [1.82, 2.24) is 10.2 Å². The number of nitrogens with one attached hydrogen (secondary N) is 1. The van der Waals surface area contributed by atoms with Crippen molar-refractivity contribution in [3.05, 3.63) is 64.7 Å². The molecule has 2 rings (SSSR count). The number of aryl methyl sites for hydroxylation is 1. The van der Waals surface area contributed by atoms with E-state index in [1.54, 1.807) is 18.2 Å². The molecule has 0 aliphatic heterocycles. The summed E-state index contributed by atoms with van der Waals surface area (Å²) in [6.45, 7) is 9.10. The second kappa shape index (κ2) is 11.2. The number of anilines is 1. The van der Waals surface area contributed by atoms with Crippen LogP contribution in [0.3, 0.4) is 0 Å². The molecule has 0 aromatic heterocycles. The molecule has 186 valence electrons. The molecular formula is C25H34ClN3O4S. The molecule has 0 bridgehead atoms. The molecule has 1 N–H and O–H groups in total. The normalized spacial score (nSPS) is 12.7. The highest BCUT2D eigenvalue weighted by molar-refractivity contribution is 7.92. The molecule has 0 saturated carbocycles. The van der Waals surface area contributed by atoms with Gasteiger partial charge in [-0.3, -0.25) is 13.9 Å². The summed E-state index contributed by atoms with van der Waals surface area (Å²) in [5.74, 6) is -0.771. The molecule has 0 heterocycles. The average molecular weight is 508 g/mol. The Hall–Kier alpha value is -2.58. The van der Waals surface area contributed by atoms with Gasteiger partial charge in [0.1, 0.15) is 12.6 Å². The number of rotatable bonds is 9. The molecule has 2 aromatic carbocycles. The van der Waals surface area contributed by atoms with Gasteiger partial charge in [-0.05, 0) is 57.9 Å². The number of carbonyl (C=O) groups is 2. The van der Waals surface area contributed by atoms with E-state index in [2.05, 4.69) is 5.32 Å². The van der Waals surface area contributed by atoms with E-state index in [4.69, 9.17) is 11.6 Å². The van der Waals surface area contributed by atoms with Gasteiger partial charge < -0.3 is 10.2 Å². The lowest BCUT2D eigenvalue weighted by molar-refractivity contribution is -0.141. The fraction of sp³-hybridized carbons (Fsp3) is 0.440. The van der Waals surface area contributed by atoms with E-state index in [9.17, 15) is 18.0 Å². The highest BCUT2D eigenvalue weighted by Gasteiger charge is 2.33. The van der Waals surface area contributed by atoms with Gasteiger partial charge in [0.25, 0.3) is 0 Å². The zero-order valence-electron chi connectivity index (χ0n) is 20.6. The van der Waals surface area contributed by atoms with Gasteiger partial charge in [-0.2, -0.15) is 0 Å². The Morgan fingerprint density at radius 3 is 2.26 bits per heavy atom. The van der Waals surface area contributed by atoms with Crippen LogP contribution in [0.2, 0.25) is 5.02 Å². The van der Waals surface area contributed by atoms with Crippen LogP contribution >= 0.6 is 11.6 Å². The van der Waals surface area contributed by atoms with Crippen LogP contribution in [0.1, 0.15) is 45.2 Å². The summed E-state index contributed by atoms with van der Waals surface area (Å²) in [5, 5.41) is 3.30. The van der Waals surface area contributed by atoms with Crippen LogP contribution in [0.5, 0.6) is 0 Å². The Labute approximate surface area is 208 Å². The maximum absolute atomic E-state index is 13.6. The van der Waals surface area contributed by atoms with Gasteiger partial charge in [-0.25, -0.2) is 8.42 Å². The first-order chi connectivity index (χ1) is 15.7. The fourth-order valence-electron chi connectivity index (χ4n) is 3.62. The summed E-state index contributed by atoms with van der Waals surface area (Å²) >= 11 is 6.07. The number of sulfonamides is 1. The molecule has 0 radical (unpaired) electrons. The summed E-state index contributed by atoms with van der Waals surface area (Å²) in [5.41, 5.74) is 1.67. The van der Waals surface area contributed by atoms with Crippen LogP contribution in [0, 0.1) is 6.92 Å². The number of hydrogen-bond donors (Lipinski definition) is 1. The van der Waals surface area contributed by atoms with Gasteiger partial charge in [-0.15, -0.1) is 0 Å². The van der Waals surface area contributed by atoms with E-state index < -0.39 is 34.1 Å². The van der Waals surface area contributed by atoms with E-state index in [0.717, 1.165) is 21.7 Å². The van der Waals surface area contributed by atoms with Crippen molar-refractivity contribution in [2.45, 2.75) is 59.2 Å². The van der Waals surface area contributed by atoms with Crippen LogP contribution in [-0.4, -0.2) is 49.5 Å². The maximum atomic E-state index is 13.6. The largest absolute Gasteiger partial charge is 0.350 e. The number of amides is 2. The summed E-state index contributed by atoms with van der Waals surface area (Å²) in [7, 11) is -3.80.